The molecule has 0 unspecified atom stereocenters. The Bertz CT molecular complexity index is 1040. The third-order valence-corrected chi connectivity index (χ3v) is 5.36. The first kappa shape index (κ1) is 17.5. The van der Waals surface area contributed by atoms with Crippen LogP contribution in [-0.2, 0) is 11.2 Å². The van der Waals surface area contributed by atoms with Crippen LogP contribution in [0.25, 0.3) is 10.9 Å². The monoisotopic (exact) mass is 374 g/mol. The maximum absolute atomic E-state index is 15.1. The number of nitrogens with zero attached hydrogens (tertiary/aromatic N) is 4. The number of likely N-dealkylation sites (N-methyl/N-ethyl adjacent to an activating group) is 2. The molecule has 0 saturated carbocycles. The van der Waals surface area contributed by atoms with E-state index in [2.05, 4.69) is 4.90 Å². The number of carbonyl (C=O) groups is 2. The van der Waals surface area contributed by atoms with E-state index in [0.717, 1.165) is 25.4 Å². The Morgan fingerprint density at radius 1 is 1.15 bits per heavy atom. The van der Waals surface area contributed by atoms with Crippen molar-refractivity contribution in [2.45, 2.75) is 6.42 Å². The Kier molecular flexibility index (Phi) is 3.92. The van der Waals surface area contributed by atoms with Gasteiger partial charge in [0.05, 0.1) is 23.0 Å². The fraction of sp³-hybridized carbons (Fsp3) is 0.389. The fourth-order valence-electron chi connectivity index (χ4n) is 3.82. The second-order valence-corrected chi connectivity index (χ2v) is 6.99. The number of benzene rings is 1. The number of carboxylic acids is 1. The molecule has 1 fully saturated rings. The van der Waals surface area contributed by atoms with E-state index in [1.807, 2.05) is 11.9 Å². The normalized spacial score (nSPS) is 17.7. The molecule has 1 saturated heterocycles. The molecule has 2 aliphatic heterocycles. The van der Waals surface area contributed by atoms with Gasteiger partial charge in [0.15, 0.2) is 0 Å². The van der Waals surface area contributed by atoms with E-state index in [9.17, 15) is 19.5 Å². The number of piperazine rings is 1. The van der Waals surface area contributed by atoms with Crippen LogP contribution in [0.15, 0.2) is 17.1 Å². The molecule has 1 aromatic heterocycles. The minimum absolute atomic E-state index is 0.0281. The molecular weight excluding hydrogens is 355 g/mol. The summed E-state index contributed by atoms with van der Waals surface area (Å²) in [5, 5.41) is 10.5. The Morgan fingerprint density at radius 3 is 2.44 bits per heavy atom. The molecule has 4 rings (SSSR count). The summed E-state index contributed by atoms with van der Waals surface area (Å²) in [6.07, 6.45) is 1.09. The number of halogens is 1. The lowest BCUT2D eigenvalue weighted by atomic mass is 9.99. The lowest BCUT2D eigenvalue weighted by molar-refractivity contribution is -0.119. The zero-order valence-corrected chi connectivity index (χ0v) is 15.0. The van der Waals surface area contributed by atoms with Gasteiger partial charge in [-0.3, -0.25) is 19.3 Å². The van der Waals surface area contributed by atoms with Crippen molar-refractivity contribution in [2.75, 3.05) is 50.2 Å². The quantitative estimate of drug-likeness (QED) is 0.811. The van der Waals surface area contributed by atoms with Gasteiger partial charge in [0.1, 0.15) is 11.4 Å². The van der Waals surface area contributed by atoms with E-state index in [-0.39, 0.29) is 17.7 Å². The summed E-state index contributed by atoms with van der Waals surface area (Å²) >= 11 is 0. The van der Waals surface area contributed by atoms with Gasteiger partial charge < -0.3 is 14.9 Å². The first-order valence-corrected chi connectivity index (χ1v) is 8.64. The van der Waals surface area contributed by atoms with Gasteiger partial charge in [0.25, 0.3) is 0 Å². The zero-order valence-electron chi connectivity index (χ0n) is 15.0. The maximum atomic E-state index is 15.1. The highest BCUT2D eigenvalue weighted by atomic mass is 19.1. The molecule has 142 valence electrons. The second-order valence-electron chi connectivity index (χ2n) is 6.99. The lowest BCUT2D eigenvalue weighted by Gasteiger charge is -2.37. The molecule has 2 aliphatic rings. The standard InChI is InChI=1S/C18H19FN4O4/c1-20-3-5-22(6-4-20)16-10-8-14(24)21(2)23-9-12(18(26)27)17(25)11(15(10)23)7-13(16)19/h7,9H,3-6,8H2,1-2H3,(H,26,27). The number of carboxylic acid groups (broad SMARTS) is 1. The average molecular weight is 374 g/mol. The van der Waals surface area contributed by atoms with E-state index in [4.69, 9.17) is 0 Å². The lowest BCUT2D eigenvalue weighted by Crippen LogP contribution is -2.47. The summed E-state index contributed by atoms with van der Waals surface area (Å²) < 4.78 is 16.4. The highest BCUT2D eigenvalue weighted by molar-refractivity contribution is 6.02. The van der Waals surface area contributed by atoms with Crippen LogP contribution in [0, 0.1) is 5.82 Å². The van der Waals surface area contributed by atoms with Crippen LogP contribution in [-0.4, -0.2) is 66.8 Å². The number of pyridine rings is 1. The number of hydrogen-bond acceptors (Lipinski definition) is 5. The maximum Gasteiger partial charge on any atom is 0.341 e. The van der Waals surface area contributed by atoms with Gasteiger partial charge in [-0.2, -0.15) is 0 Å². The summed E-state index contributed by atoms with van der Waals surface area (Å²) in [7, 11) is 3.49. The number of aromatic nitrogens is 1. The van der Waals surface area contributed by atoms with Crippen molar-refractivity contribution in [3.8, 4) is 0 Å². The van der Waals surface area contributed by atoms with Crippen molar-refractivity contribution in [3.63, 3.8) is 0 Å². The van der Waals surface area contributed by atoms with Crippen LogP contribution in [0.1, 0.15) is 15.9 Å². The molecule has 0 spiro atoms. The van der Waals surface area contributed by atoms with Crippen LogP contribution in [0.5, 0.6) is 0 Å². The van der Waals surface area contributed by atoms with Crippen LogP contribution < -0.4 is 15.3 Å². The number of hydrogen-bond donors (Lipinski definition) is 1. The molecule has 0 atom stereocenters. The Balaban J connectivity index is 2.04. The first-order valence-electron chi connectivity index (χ1n) is 8.64. The van der Waals surface area contributed by atoms with Gasteiger partial charge in [-0.05, 0) is 13.1 Å². The van der Waals surface area contributed by atoms with Gasteiger partial charge in [-0.15, -0.1) is 0 Å². The largest absolute Gasteiger partial charge is 0.477 e. The molecular formula is C18H19FN4O4. The SMILES string of the molecule is CN1CCN(c2c(F)cc3c(=O)c(C(=O)O)cn4c3c2CC(=O)N4C)CC1. The van der Waals surface area contributed by atoms with Crippen LogP contribution >= 0.6 is 0 Å². The fourth-order valence-corrected chi connectivity index (χ4v) is 3.82. The number of amides is 1. The summed E-state index contributed by atoms with van der Waals surface area (Å²) in [6, 6.07) is 1.10. The number of aromatic carboxylic acids is 1. The van der Waals surface area contributed by atoms with E-state index < -0.39 is 22.8 Å². The van der Waals surface area contributed by atoms with Crippen molar-refractivity contribution < 1.29 is 19.1 Å². The van der Waals surface area contributed by atoms with Crippen molar-refractivity contribution >= 4 is 28.5 Å². The third-order valence-electron chi connectivity index (χ3n) is 5.36. The third kappa shape index (κ3) is 2.57. The van der Waals surface area contributed by atoms with Gasteiger partial charge in [-0.1, -0.05) is 0 Å². The molecule has 0 bridgehead atoms. The smallest absolute Gasteiger partial charge is 0.341 e. The molecule has 0 radical (unpaired) electrons. The summed E-state index contributed by atoms with van der Waals surface area (Å²) in [5.74, 6) is -2.32. The minimum Gasteiger partial charge on any atom is -0.477 e. The van der Waals surface area contributed by atoms with E-state index >= 15 is 4.39 Å². The highest BCUT2D eigenvalue weighted by Gasteiger charge is 2.32. The van der Waals surface area contributed by atoms with Crippen molar-refractivity contribution in [2.24, 2.45) is 0 Å². The summed E-state index contributed by atoms with van der Waals surface area (Å²) in [6.45, 7) is 2.73. The molecule has 1 aromatic carbocycles. The second kappa shape index (κ2) is 6.05. The van der Waals surface area contributed by atoms with Gasteiger partial charge in [-0.25, -0.2) is 9.18 Å². The molecule has 8 nitrogen and oxygen atoms in total. The molecule has 3 heterocycles. The molecule has 1 N–H and O–H groups in total. The summed E-state index contributed by atoms with van der Waals surface area (Å²) in [5.41, 5.74) is -0.0919. The molecule has 2 aromatic rings. The zero-order chi connectivity index (χ0) is 19.5. The van der Waals surface area contributed by atoms with Crippen molar-refractivity contribution in [1.82, 2.24) is 9.58 Å². The van der Waals surface area contributed by atoms with Gasteiger partial charge in [0, 0.05) is 45.0 Å². The van der Waals surface area contributed by atoms with Crippen molar-refractivity contribution in [1.29, 1.82) is 0 Å². The number of rotatable bonds is 2. The Labute approximate surface area is 154 Å². The molecule has 9 heteroatoms. The predicted octanol–water partition coefficient (Wildman–Crippen LogP) is 0.241. The first-order chi connectivity index (χ1) is 12.8. The van der Waals surface area contributed by atoms with E-state index in [1.165, 1.54) is 16.7 Å². The van der Waals surface area contributed by atoms with Gasteiger partial charge >= 0.3 is 5.97 Å². The molecule has 0 aliphatic carbocycles. The van der Waals surface area contributed by atoms with Crippen LogP contribution in [0.4, 0.5) is 10.1 Å². The molecule has 27 heavy (non-hydrogen) atoms. The number of carbonyl (C=O) groups excluding carboxylic acids is 1. The number of anilines is 1. The van der Waals surface area contributed by atoms with Crippen LogP contribution in [0.3, 0.4) is 0 Å². The van der Waals surface area contributed by atoms with Crippen molar-refractivity contribution in [3.05, 3.63) is 39.4 Å². The van der Waals surface area contributed by atoms with Crippen LogP contribution in [0.2, 0.25) is 0 Å². The summed E-state index contributed by atoms with van der Waals surface area (Å²) in [4.78, 5) is 40.5. The van der Waals surface area contributed by atoms with E-state index in [1.54, 1.807) is 0 Å². The van der Waals surface area contributed by atoms with E-state index in [0.29, 0.717) is 29.9 Å². The predicted molar refractivity (Wildman–Crippen MR) is 97.7 cm³/mol. The van der Waals surface area contributed by atoms with Gasteiger partial charge in [0.2, 0.25) is 11.3 Å². The topological polar surface area (TPSA) is 86.1 Å². The Hall–Kier alpha value is -2.94. The molecule has 1 amide bonds. The highest BCUT2D eigenvalue weighted by Crippen LogP contribution is 2.34. The Morgan fingerprint density at radius 2 is 1.81 bits per heavy atom. The average Bonchev–Trinajstić information content (AvgIpc) is 2.62. The minimum atomic E-state index is -1.41.